The van der Waals surface area contributed by atoms with E-state index in [0.29, 0.717) is 30.1 Å². The maximum atomic E-state index is 12.1. The van der Waals surface area contributed by atoms with Crippen LogP contribution in [0, 0.1) is 0 Å². The number of unbranched alkanes of at least 4 members (excludes halogenated alkanes) is 11. The predicted octanol–water partition coefficient (Wildman–Crippen LogP) is 7.84. The van der Waals surface area contributed by atoms with Crippen molar-refractivity contribution in [2.24, 2.45) is 0 Å². The number of aldehydes is 1. The van der Waals surface area contributed by atoms with E-state index in [4.69, 9.17) is 9.47 Å². The maximum Gasteiger partial charge on any atom is 0.311 e. The quantitative estimate of drug-likeness (QED) is 0.0737. The smallest absolute Gasteiger partial charge is 0.311 e. The number of allylic oxidation sites excluding steroid dienone is 2. The summed E-state index contributed by atoms with van der Waals surface area (Å²) < 4.78 is 10.9. The van der Waals surface area contributed by atoms with Crippen LogP contribution in [0.15, 0.2) is 30.4 Å². The van der Waals surface area contributed by atoms with E-state index in [0.717, 1.165) is 32.0 Å². The average Bonchev–Trinajstić information content (AvgIpc) is 2.77. The van der Waals surface area contributed by atoms with E-state index in [1.165, 1.54) is 57.8 Å². The first-order valence-electron chi connectivity index (χ1n) is 12.3. The fourth-order valence-electron chi connectivity index (χ4n) is 3.46. The van der Waals surface area contributed by atoms with Gasteiger partial charge in [0.1, 0.15) is 6.29 Å². The van der Waals surface area contributed by atoms with Crippen LogP contribution < -0.4 is 9.47 Å². The Kier molecular flexibility index (Phi) is 16.2. The zero-order valence-electron chi connectivity index (χ0n) is 19.7. The summed E-state index contributed by atoms with van der Waals surface area (Å²) in [4.78, 5) is 23.0. The lowest BCUT2D eigenvalue weighted by atomic mass is 10.1. The molecular formula is C27H42O4. The lowest BCUT2D eigenvalue weighted by Gasteiger charge is -2.11. The van der Waals surface area contributed by atoms with Gasteiger partial charge in [-0.1, -0.05) is 70.4 Å². The van der Waals surface area contributed by atoms with Crippen LogP contribution in [0.1, 0.15) is 114 Å². The molecule has 0 saturated heterocycles. The Morgan fingerprint density at radius 1 is 0.806 bits per heavy atom. The minimum atomic E-state index is -0.252. The van der Waals surface area contributed by atoms with E-state index in [9.17, 15) is 9.59 Å². The van der Waals surface area contributed by atoms with Gasteiger partial charge in [-0.3, -0.25) is 9.59 Å². The van der Waals surface area contributed by atoms with Crippen LogP contribution >= 0.6 is 0 Å². The predicted molar refractivity (Wildman–Crippen MR) is 128 cm³/mol. The molecule has 0 spiro atoms. The van der Waals surface area contributed by atoms with E-state index < -0.39 is 0 Å². The lowest BCUT2D eigenvalue weighted by molar-refractivity contribution is -0.134. The third kappa shape index (κ3) is 13.7. The molecule has 1 rings (SSSR count). The molecule has 4 heteroatoms. The van der Waals surface area contributed by atoms with Gasteiger partial charge in [0.2, 0.25) is 0 Å². The molecule has 1 aromatic rings. The molecule has 0 aromatic heterocycles. The van der Waals surface area contributed by atoms with Crippen molar-refractivity contribution in [2.75, 3.05) is 6.61 Å². The van der Waals surface area contributed by atoms with E-state index in [-0.39, 0.29) is 5.97 Å². The molecule has 0 N–H and O–H groups in total. The first kappa shape index (κ1) is 26.9. The van der Waals surface area contributed by atoms with E-state index >= 15 is 0 Å². The van der Waals surface area contributed by atoms with Crippen molar-refractivity contribution in [3.63, 3.8) is 0 Å². The largest absolute Gasteiger partial charge is 0.490 e. The van der Waals surface area contributed by atoms with Gasteiger partial charge in [0, 0.05) is 12.0 Å². The summed E-state index contributed by atoms with van der Waals surface area (Å²) in [6, 6.07) is 4.84. The molecule has 31 heavy (non-hydrogen) atoms. The summed E-state index contributed by atoms with van der Waals surface area (Å²) in [5.74, 6) is 0.563. The Morgan fingerprint density at radius 2 is 1.42 bits per heavy atom. The highest BCUT2D eigenvalue weighted by molar-refractivity contribution is 5.78. The molecule has 0 aliphatic rings. The van der Waals surface area contributed by atoms with E-state index in [1.54, 1.807) is 18.2 Å². The number of carbonyl (C=O) groups excluding carboxylic acids is 2. The molecular weight excluding hydrogens is 388 g/mol. The van der Waals surface area contributed by atoms with E-state index in [2.05, 4.69) is 19.1 Å². The van der Waals surface area contributed by atoms with Crippen molar-refractivity contribution in [1.82, 2.24) is 0 Å². The van der Waals surface area contributed by atoms with Crippen LogP contribution in [0.25, 0.3) is 0 Å². The van der Waals surface area contributed by atoms with Crippen LogP contribution in [0.5, 0.6) is 11.5 Å². The first-order chi connectivity index (χ1) is 15.2. The maximum absolute atomic E-state index is 12.1. The van der Waals surface area contributed by atoms with Gasteiger partial charge in [-0.05, 0) is 57.2 Å². The molecule has 4 nitrogen and oxygen atoms in total. The van der Waals surface area contributed by atoms with Crippen LogP contribution in [0.2, 0.25) is 0 Å². The van der Waals surface area contributed by atoms with Gasteiger partial charge in [-0.25, -0.2) is 0 Å². The number of benzene rings is 1. The third-order valence-electron chi connectivity index (χ3n) is 5.27. The Morgan fingerprint density at radius 3 is 2.03 bits per heavy atom. The monoisotopic (exact) mass is 430 g/mol. The molecule has 0 heterocycles. The zero-order valence-corrected chi connectivity index (χ0v) is 19.7. The fraction of sp³-hybridized carbons (Fsp3) is 0.630. The zero-order chi connectivity index (χ0) is 22.6. The number of carbonyl (C=O) groups is 2. The van der Waals surface area contributed by atoms with Crippen molar-refractivity contribution in [1.29, 1.82) is 0 Å². The Bertz CT molecular complexity index is 636. The van der Waals surface area contributed by atoms with Crippen LogP contribution in [0.3, 0.4) is 0 Å². The molecule has 1 aromatic carbocycles. The Labute approximate surface area is 189 Å². The lowest BCUT2D eigenvalue weighted by Crippen LogP contribution is -2.09. The second-order valence-electron chi connectivity index (χ2n) is 8.07. The number of esters is 1. The van der Waals surface area contributed by atoms with Crippen LogP contribution in [-0.4, -0.2) is 18.9 Å². The van der Waals surface area contributed by atoms with Crippen LogP contribution in [0.4, 0.5) is 0 Å². The summed E-state index contributed by atoms with van der Waals surface area (Å²) >= 11 is 0. The second-order valence-corrected chi connectivity index (χ2v) is 8.07. The SMILES string of the molecule is CCCCCCCCC=CCCCCCCCC(=O)Oc1ccc(C=O)cc1OCC. The minimum absolute atomic E-state index is 0.252. The van der Waals surface area contributed by atoms with Gasteiger partial charge in [0.05, 0.1) is 6.61 Å². The standard InChI is InChI=1S/C27H42O4/c1-3-5-6-7-8-9-10-11-12-13-14-15-16-17-18-19-27(29)31-25-21-20-24(23-28)22-26(25)30-4-2/h11-12,20-23H,3-10,13-19H2,1-2H3. The van der Waals surface area contributed by atoms with Crippen molar-refractivity contribution in [3.05, 3.63) is 35.9 Å². The van der Waals surface area contributed by atoms with E-state index in [1.807, 2.05) is 6.92 Å². The van der Waals surface area contributed by atoms with Crippen molar-refractivity contribution in [3.8, 4) is 11.5 Å². The van der Waals surface area contributed by atoms with Gasteiger partial charge in [-0.2, -0.15) is 0 Å². The number of ether oxygens (including phenoxy) is 2. The van der Waals surface area contributed by atoms with Gasteiger partial charge >= 0.3 is 5.97 Å². The van der Waals surface area contributed by atoms with Gasteiger partial charge in [0.25, 0.3) is 0 Å². The normalized spacial score (nSPS) is 11.0. The summed E-state index contributed by atoms with van der Waals surface area (Å²) in [6.45, 7) is 4.56. The van der Waals surface area contributed by atoms with Crippen molar-refractivity contribution in [2.45, 2.75) is 104 Å². The molecule has 174 valence electrons. The minimum Gasteiger partial charge on any atom is -0.490 e. The van der Waals surface area contributed by atoms with Gasteiger partial charge in [0.15, 0.2) is 11.5 Å². The fourth-order valence-corrected chi connectivity index (χ4v) is 3.46. The molecule has 0 saturated carbocycles. The Hall–Kier alpha value is -2.10. The molecule has 0 amide bonds. The molecule has 0 fully saturated rings. The summed E-state index contributed by atoms with van der Waals surface area (Å²) in [5.41, 5.74) is 0.500. The third-order valence-corrected chi connectivity index (χ3v) is 5.27. The van der Waals surface area contributed by atoms with Gasteiger partial charge < -0.3 is 9.47 Å². The first-order valence-corrected chi connectivity index (χ1v) is 12.3. The van der Waals surface area contributed by atoms with Gasteiger partial charge in [-0.15, -0.1) is 0 Å². The number of hydrogen-bond acceptors (Lipinski definition) is 4. The molecule has 0 bridgehead atoms. The highest BCUT2D eigenvalue weighted by Gasteiger charge is 2.11. The average molecular weight is 431 g/mol. The number of rotatable bonds is 19. The molecule has 0 unspecified atom stereocenters. The topological polar surface area (TPSA) is 52.6 Å². The summed E-state index contributed by atoms with van der Waals surface area (Å²) in [6.07, 6.45) is 21.8. The highest BCUT2D eigenvalue weighted by atomic mass is 16.6. The molecule has 0 atom stereocenters. The summed E-state index contributed by atoms with van der Waals surface area (Å²) in [5, 5.41) is 0. The Balaban J connectivity index is 2.05. The molecule has 0 radical (unpaired) electrons. The molecule has 0 aliphatic carbocycles. The number of hydrogen-bond donors (Lipinski definition) is 0. The van der Waals surface area contributed by atoms with Crippen molar-refractivity contribution >= 4 is 12.3 Å². The molecule has 0 aliphatic heterocycles. The van der Waals surface area contributed by atoms with Crippen LogP contribution in [-0.2, 0) is 4.79 Å². The highest BCUT2D eigenvalue weighted by Crippen LogP contribution is 2.28. The summed E-state index contributed by atoms with van der Waals surface area (Å²) in [7, 11) is 0. The van der Waals surface area contributed by atoms with Crippen molar-refractivity contribution < 1.29 is 19.1 Å². The second kappa shape index (κ2) is 18.7.